The third-order valence-corrected chi connectivity index (χ3v) is 3.90. The Kier molecular flexibility index (Phi) is 4.26. The van der Waals surface area contributed by atoms with Gasteiger partial charge in [-0.15, -0.1) is 0 Å². The van der Waals surface area contributed by atoms with Crippen molar-refractivity contribution < 1.29 is 19.2 Å². The minimum atomic E-state index is -1.61. The van der Waals surface area contributed by atoms with Crippen LogP contribution in [0.1, 0.15) is 42.3 Å². The van der Waals surface area contributed by atoms with Crippen LogP contribution in [0.5, 0.6) is 0 Å². The van der Waals surface area contributed by atoms with E-state index < -0.39 is 22.6 Å². The molecule has 1 aromatic carbocycles. The molecule has 0 bridgehead atoms. The fourth-order valence-corrected chi connectivity index (χ4v) is 2.47. The van der Waals surface area contributed by atoms with E-state index in [9.17, 15) is 24.4 Å². The predicted molar refractivity (Wildman–Crippen MR) is 83.7 cm³/mol. The van der Waals surface area contributed by atoms with E-state index in [1.54, 1.807) is 6.92 Å². The standard InChI is InChI=1S/C16H19FN2O4/c1-9(2)11-6-12-10(5-13(11)19(22)23)7-18(15(12)20)8-14(17)16(3,4)21/h5-6,14,21H,1,7-8H2,2-4H3/t14-/m1/s1. The maximum atomic E-state index is 14.0. The van der Waals surface area contributed by atoms with Crippen LogP contribution in [0.3, 0.4) is 0 Å². The van der Waals surface area contributed by atoms with E-state index in [4.69, 9.17) is 0 Å². The molecule has 0 aliphatic carbocycles. The zero-order valence-corrected chi connectivity index (χ0v) is 13.3. The molecule has 124 valence electrons. The van der Waals surface area contributed by atoms with Crippen molar-refractivity contribution in [1.82, 2.24) is 4.90 Å². The number of carbonyl (C=O) groups excluding carboxylic acids is 1. The number of fused-ring (bicyclic) bond motifs is 1. The molecule has 1 N–H and O–H groups in total. The summed E-state index contributed by atoms with van der Waals surface area (Å²) in [5.74, 6) is -0.399. The van der Waals surface area contributed by atoms with Gasteiger partial charge in [-0.2, -0.15) is 0 Å². The summed E-state index contributed by atoms with van der Waals surface area (Å²) in [4.78, 5) is 24.3. The Hall–Kier alpha value is -2.28. The number of aliphatic hydroxyl groups is 1. The zero-order valence-electron chi connectivity index (χ0n) is 13.3. The number of nitro groups is 1. The smallest absolute Gasteiger partial charge is 0.277 e. The van der Waals surface area contributed by atoms with Gasteiger partial charge in [0.15, 0.2) is 0 Å². The molecule has 6 nitrogen and oxygen atoms in total. The Morgan fingerprint density at radius 2 is 2.17 bits per heavy atom. The summed E-state index contributed by atoms with van der Waals surface area (Å²) in [6, 6.07) is 2.78. The van der Waals surface area contributed by atoms with Gasteiger partial charge in [-0.25, -0.2) is 4.39 Å². The molecule has 0 saturated carbocycles. The molecule has 0 radical (unpaired) electrons. The Balaban J connectivity index is 2.36. The second-order valence-corrected chi connectivity index (χ2v) is 6.37. The monoisotopic (exact) mass is 322 g/mol. The van der Waals surface area contributed by atoms with Crippen molar-refractivity contribution in [3.8, 4) is 0 Å². The first-order valence-corrected chi connectivity index (χ1v) is 7.15. The molecule has 0 spiro atoms. The van der Waals surface area contributed by atoms with E-state index >= 15 is 0 Å². The number of hydrogen-bond acceptors (Lipinski definition) is 4. The van der Waals surface area contributed by atoms with Crippen molar-refractivity contribution in [3.05, 3.63) is 45.5 Å². The molecule has 23 heavy (non-hydrogen) atoms. The number of carbonyl (C=O) groups is 1. The summed E-state index contributed by atoms with van der Waals surface area (Å²) in [7, 11) is 0. The summed E-state index contributed by atoms with van der Waals surface area (Å²) in [5, 5.41) is 20.8. The van der Waals surface area contributed by atoms with Gasteiger partial charge in [0, 0.05) is 18.2 Å². The van der Waals surface area contributed by atoms with Crippen molar-refractivity contribution in [2.75, 3.05) is 6.54 Å². The minimum Gasteiger partial charge on any atom is -0.387 e. The molecule has 0 saturated heterocycles. The fourth-order valence-electron chi connectivity index (χ4n) is 2.47. The maximum absolute atomic E-state index is 14.0. The molecule has 1 atom stereocenters. The van der Waals surface area contributed by atoms with E-state index in [1.165, 1.54) is 30.9 Å². The first-order valence-electron chi connectivity index (χ1n) is 7.15. The van der Waals surface area contributed by atoms with Crippen molar-refractivity contribution in [3.63, 3.8) is 0 Å². The highest BCUT2D eigenvalue weighted by atomic mass is 19.1. The van der Waals surface area contributed by atoms with Gasteiger partial charge in [-0.05, 0) is 38.0 Å². The third-order valence-electron chi connectivity index (χ3n) is 3.90. The van der Waals surface area contributed by atoms with Crippen LogP contribution in [0, 0.1) is 10.1 Å². The van der Waals surface area contributed by atoms with E-state index in [0.717, 1.165) is 0 Å². The van der Waals surface area contributed by atoms with Crippen LogP contribution in [0.4, 0.5) is 10.1 Å². The summed E-state index contributed by atoms with van der Waals surface area (Å²) in [6.45, 7) is 7.79. The largest absolute Gasteiger partial charge is 0.387 e. The lowest BCUT2D eigenvalue weighted by Crippen LogP contribution is -2.42. The molecule has 1 aromatic rings. The van der Waals surface area contributed by atoms with Crippen molar-refractivity contribution >= 4 is 17.2 Å². The average Bonchev–Trinajstić information content (AvgIpc) is 2.72. The van der Waals surface area contributed by atoms with Gasteiger partial charge in [-0.3, -0.25) is 14.9 Å². The normalized spacial score (nSPS) is 15.5. The first-order chi connectivity index (χ1) is 10.5. The molecule has 1 heterocycles. The van der Waals surface area contributed by atoms with Crippen LogP contribution >= 0.6 is 0 Å². The van der Waals surface area contributed by atoms with Crippen molar-refractivity contribution in [2.24, 2.45) is 0 Å². The number of alkyl halides is 1. The summed E-state index contributed by atoms with van der Waals surface area (Å²) < 4.78 is 14.0. The molecule has 1 aliphatic heterocycles. The van der Waals surface area contributed by atoms with Gasteiger partial charge in [0.25, 0.3) is 11.6 Å². The number of allylic oxidation sites excluding steroid dienone is 1. The van der Waals surface area contributed by atoms with Gasteiger partial charge >= 0.3 is 0 Å². The minimum absolute atomic E-state index is 0.0853. The van der Waals surface area contributed by atoms with Gasteiger partial charge in [0.2, 0.25) is 0 Å². The molecule has 0 fully saturated rings. The molecule has 0 unspecified atom stereocenters. The van der Waals surface area contributed by atoms with E-state index in [0.29, 0.717) is 22.3 Å². The lowest BCUT2D eigenvalue weighted by Gasteiger charge is -2.26. The number of nitrogens with zero attached hydrogens (tertiary/aromatic N) is 2. The van der Waals surface area contributed by atoms with Crippen molar-refractivity contribution in [1.29, 1.82) is 0 Å². The van der Waals surface area contributed by atoms with Crippen LogP contribution < -0.4 is 0 Å². The van der Waals surface area contributed by atoms with Crippen LogP contribution in [0.2, 0.25) is 0 Å². The number of benzene rings is 1. The molecule has 0 aromatic heterocycles. The van der Waals surface area contributed by atoms with Gasteiger partial charge in [0.1, 0.15) is 6.17 Å². The highest BCUT2D eigenvalue weighted by Crippen LogP contribution is 2.33. The van der Waals surface area contributed by atoms with Crippen LogP contribution in [-0.4, -0.2) is 39.2 Å². The summed E-state index contributed by atoms with van der Waals surface area (Å²) in [5.41, 5.74) is -0.116. The maximum Gasteiger partial charge on any atom is 0.277 e. The van der Waals surface area contributed by atoms with Crippen LogP contribution in [0.25, 0.3) is 5.57 Å². The van der Waals surface area contributed by atoms with Crippen LogP contribution in [-0.2, 0) is 6.54 Å². The Labute approximate surface area is 133 Å². The molecule has 2 rings (SSSR count). The zero-order chi connectivity index (χ0) is 17.5. The van der Waals surface area contributed by atoms with Crippen molar-refractivity contribution in [2.45, 2.75) is 39.1 Å². The summed E-state index contributed by atoms with van der Waals surface area (Å²) >= 11 is 0. The first kappa shape index (κ1) is 17.1. The lowest BCUT2D eigenvalue weighted by atomic mass is 10.00. The number of hydrogen-bond donors (Lipinski definition) is 1. The van der Waals surface area contributed by atoms with Gasteiger partial charge in [0.05, 0.1) is 22.6 Å². The second-order valence-electron chi connectivity index (χ2n) is 6.37. The average molecular weight is 322 g/mol. The molecule has 1 aliphatic rings. The SMILES string of the molecule is C=C(C)c1cc2c(cc1[N+](=O)[O-])CN(C[C@@H](F)C(C)(C)O)C2=O. The fraction of sp³-hybridized carbons (Fsp3) is 0.438. The molecule has 7 heteroatoms. The highest BCUT2D eigenvalue weighted by molar-refractivity contribution is 6.00. The Morgan fingerprint density at radius 3 is 2.65 bits per heavy atom. The van der Waals surface area contributed by atoms with E-state index in [-0.39, 0.29) is 18.8 Å². The molecular weight excluding hydrogens is 303 g/mol. The van der Waals surface area contributed by atoms with E-state index in [2.05, 4.69) is 6.58 Å². The molecular formula is C16H19FN2O4. The quantitative estimate of drug-likeness (QED) is 0.667. The van der Waals surface area contributed by atoms with Gasteiger partial charge < -0.3 is 10.0 Å². The number of rotatable bonds is 5. The Morgan fingerprint density at radius 1 is 1.57 bits per heavy atom. The van der Waals surface area contributed by atoms with E-state index in [1.807, 2.05) is 0 Å². The predicted octanol–water partition coefficient (Wildman–Crippen LogP) is 2.69. The number of halogens is 1. The lowest BCUT2D eigenvalue weighted by molar-refractivity contribution is -0.385. The third kappa shape index (κ3) is 3.24. The number of nitro benzene ring substituents is 1. The summed E-state index contributed by atoms with van der Waals surface area (Å²) in [6.07, 6.45) is -1.61. The molecule has 1 amide bonds. The Bertz CT molecular complexity index is 694. The van der Waals surface area contributed by atoms with Gasteiger partial charge in [-0.1, -0.05) is 6.58 Å². The second kappa shape index (κ2) is 5.73. The van der Waals surface area contributed by atoms with Crippen LogP contribution in [0.15, 0.2) is 18.7 Å². The topological polar surface area (TPSA) is 83.7 Å². The highest BCUT2D eigenvalue weighted by Gasteiger charge is 2.36. The number of amides is 1.